The summed E-state index contributed by atoms with van der Waals surface area (Å²) in [4.78, 5) is 40.6. The van der Waals surface area contributed by atoms with Crippen LogP contribution < -0.4 is 26.7 Å². The Morgan fingerprint density at radius 1 is 1.38 bits per heavy atom. The number of aliphatic hydroxyl groups is 1. The van der Waals surface area contributed by atoms with Gasteiger partial charge in [0.25, 0.3) is 5.56 Å². The number of amides is 1. The third-order valence-electron chi connectivity index (χ3n) is 5.89. The molecule has 3 aromatic rings. The maximum Gasteiger partial charge on any atom is 0.333 e. The van der Waals surface area contributed by atoms with Gasteiger partial charge in [-0.2, -0.15) is 5.10 Å². The van der Waals surface area contributed by atoms with Crippen LogP contribution in [0.3, 0.4) is 0 Å². The van der Waals surface area contributed by atoms with Crippen LogP contribution in [-0.4, -0.2) is 46.2 Å². The van der Waals surface area contributed by atoms with Crippen molar-refractivity contribution in [3.8, 4) is 5.75 Å². The molecule has 2 aromatic heterocycles. The average Bonchev–Trinajstić information content (AvgIpc) is 3.18. The highest BCUT2D eigenvalue weighted by Crippen LogP contribution is 2.34. The Kier molecular flexibility index (Phi) is 8.28. The van der Waals surface area contributed by atoms with Gasteiger partial charge in [0.15, 0.2) is 0 Å². The lowest BCUT2D eigenvalue weighted by atomic mass is 10.0. The topological polar surface area (TPSA) is 151 Å². The molecule has 4 N–H and O–H groups in total. The van der Waals surface area contributed by atoms with Gasteiger partial charge in [0.05, 0.1) is 25.3 Å². The van der Waals surface area contributed by atoms with E-state index in [1.54, 1.807) is 13.8 Å². The molecule has 1 atom stereocenters. The van der Waals surface area contributed by atoms with E-state index in [-0.39, 0.29) is 28.1 Å². The molecule has 2 heterocycles. The molecule has 0 aliphatic rings. The number of likely N-dealkylation sites (N-methyl/N-ethyl adjacent to an activating group) is 1. The van der Waals surface area contributed by atoms with Gasteiger partial charge in [0.1, 0.15) is 33.0 Å². The third kappa shape index (κ3) is 5.18. The first kappa shape index (κ1) is 27.7. The summed E-state index contributed by atoms with van der Waals surface area (Å²) in [6, 6.07) is 3.66. The van der Waals surface area contributed by atoms with Crippen LogP contribution in [-0.2, 0) is 16.9 Å². The predicted octanol–water partition coefficient (Wildman–Crippen LogP) is 2.33. The van der Waals surface area contributed by atoms with Gasteiger partial charge in [-0.3, -0.25) is 19.6 Å². The number of ether oxygens (including phenoxy) is 1. The number of anilines is 1. The molecule has 0 spiro atoms. The van der Waals surface area contributed by atoms with Gasteiger partial charge in [-0.05, 0) is 45.9 Å². The van der Waals surface area contributed by atoms with Crippen molar-refractivity contribution in [1.29, 1.82) is 5.41 Å². The summed E-state index contributed by atoms with van der Waals surface area (Å²) < 4.78 is 21.3. The molecule has 1 aromatic carbocycles. The van der Waals surface area contributed by atoms with Gasteiger partial charge < -0.3 is 20.6 Å². The summed E-state index contributed by atoms with van der Waals surface area (Å²) in [5.41, 5.74) is 0.273. The minimum atomic E-state index is -1.57. The number of carbonyl (C=O) groups excluding carboxylic acids is 1. The van der Waals surface area contributed by atoms with E-state index in [2.05, 4.69) is 15.8 Å². The quantitative estimate of drug-likeness (QED) is 0.232. The zero-order valence-electron chi connectivity index (χ0n) is 21.1. The van der Waals surface area contributed by atoms with Gasteiger partial charge in [-0.1, -0.05) is 11.3 Å². The van der Waals surface area contributed by atoms with E-state index in [4.69, 9.17) is 10.1 Å². The smallest absolute Gasteiger partial charge is 0.333 e. The van der Waals surface area contributed by atoms with Crippen LogP contribution in [0.5, 0.6) is 5.75 Å². The number of aliphatic hydroxyl groups excluding tert-OH is 1. The predicted molar refractivity (Wildman–Crippen MR) is 142 cm³/mol. The highest BCUT2D eigenvalue weighted by atomic mass is 32.1. The number of aromatic nitrogens is 2. The van der Waals surface area contributed by atoms with E-state index < -0.39 is 34.6 Å². The summed E-state index contributed by atoms with van der Waals surface area (Å²) in [6.45, 7) is 6.23. The van der Waals surface area contributed by atoms with Gasteiger partial charge in [-0.15, -0.1) is 0 Å². The third-order valence-corrected chi connectivity index (χ3v) is 7.11. The van der Waals surface area contributed by atoms with Crippen LogP contribution in [0.15, 0.2) is 32.9 Å². The number of nitrogens with one attached hydrogen (secondary N) is 3. The SMILES string of the molecule is CCNC(=O)C(C)(C)n1c(=O)c2c(C)c(N/N=C\C=N)sc2n(CC(O)c2cc(F)ccc2OC)c1=O. The number of hydrazone groups is 1. The second-order valence-electron chi connectivity index (χ2n) is 8.65. The molecule has 0 saturated heterocycles. The van der Waals surface area contributed by atoms with Crippen LogP contribution in [0.1, 0.15) is 38.0 Å². The number of carbonyl (C=O) groups is 1. The Bertz CT molecular complexity index is 1490. The van der Waals surface area contributed by atoms with E-state index in [1.807, 2.05) is 0 Å². The second kappa shape index (κ2) is 11.0. The summed E-state index contributed by atoms with van der Waals surface area (Å²) in [5, 5.41) is 25.3. The number of hydrogen-bond acceptors (Lipinski definition) is 9. The molecule has 3 rings (SSSR count). The minimum Gasteiger partial charge on any atom is -0.496 e. The highest BCUT2D eigenvalue weighted by Gasteiger charge is 2.35. The first-order valence-corrected chi connectivity index (χ1v) is 12.2. The van der Waals surface area contributed by atoms with E-state index in [0.717, 1.165) is 28.2 Å². The minimum absolute atomic E-state index is 0.116. The molecule has 0 aliphatic heterocycles. The number of hydrogen-bond donors (Lipinski definition) is 4. The van der Waals surface area contributed by atoms with Gasteiger partial charge in [0, 0.05) is 23.9 Å². The van der Waals surface area contributed by atoms with Crippen LogP contribution in [0.2, 0.25) is 0 Å². The molecule has 11 nitrogen and oxygen atoms in total. The summed E-state index contributed by atoms with van der Waals surface area (Å²) in [7, 11) is 1.37. The van der Waals surface area contributed by atoms with E-state index in [9.17, 15) is 23.9 Å². The number of aryl methyl sites for hydroxylation is 1. The fraction of sp³-hybridized carbons (Fsp3) is 0.375. The Hall–Kier alpha value is -3.84. The van der Waals surface area contributed by atoms with Crippen molar-refractivity contribution in [2.24, 2.45) is 5.10 Å². The molecule has 1 amide bonds. The van der Waals surface area contributed by atoms with Crippen LogP contribution in [0, 0.1) is 18.2 Å². The lowest BCUT2D eigenvalue weighted by molar-refractivity contribution is -0.128. The Morgan fingerprint density at radius 2 is 2.08 bits per heavy atom. The fourth-order valence-electron chi connectivity index (χ4n) is 3.96. The van der Waals surface area contributed by atoms with Crippen LogP contribution >= 0.6 is 11.3 Å². The zero-order valence-corrected chi connectivity index (χ0v) is 21.9. The summed E-state index contributed by atoms with van der Waals surface area (Å²) in [5.74, 6) is -0.911. The monoisotopic (exact) mass is 532 g/mol. The van der Waals surface area contributed by atoms with Gasteiger partial charge in [-0.25, -0.2) is 13.8 Å². The van der Waals surface area contributed by atoms with E-state index >= 15 is 0 Å². The molecular weight excluding hydrogens is 503 g/mol. The van der Waals surface area contributed by atoms with Crippen molar-refractivity contribution in [2.45, 2.75) is 45.9 Å². The van der Waals surface area contributed by atoms with Gasteiger partial charge in [0.2, 0.25) is 5.91 Å². The first-order chi connectivity index (χ1) is 17.5. The number of fused-ring (bicyclic) bond motifs is 1. The second-order valence-corrected chi connectivity index (χ2v) is 9.65. The van der Waals surface area contributed by atoms with Crippen molar-refractivity contribution in [1.82, 2.24) is 14.5 Å². The Labute approximate surface area is 215 Å². The molecule has 13 heteroatoms. The Morgan fingerprint density at radius 3 is 2.70 bits per heavy atom. The molecule has 0 radical (unpaired) electrons. The molecule has 0 fully saturated rings. The largest absolute Gasteiger partial charge is 0.496 e. The number of halogens is 1. The molecule has 37 heavy (non-hydrogen) atoms. The number of thiophene rings is 1. The van der Waals surface area contributed by atoms with Crippen molar-refractivity contribution >= 4 is 44.9 Å². The highest BCUT2D eigenvalue weighted by molar-refractivity contribution is 7.22. The summed E-state index contributed by atoms with van der Waals surface area (Å²) >= 11 is 1.05. The van der Waals surface area contributed by atoms with Crippen molar-refractivity contribution in [3.63, 3.8) is 0 Å². The normalized spacial score (nSPS) is 12.6. The fourth-order valence-corrected chi connectivity index (χ4v) is 5.11. The van der Waals surface area contributed by atoms with E-state index in [0.29, 0.717) is 17.1 Å². The first-order valence-electron chi connectivity index (χ1n) is 11.4. The Balaban J connectivity index is 2.33. The van der Waals surface area contributed by atoms with Crippen molar-refractivity contribution in [3.05, 3.63) is 56.0 Å². The number of methoxy groups -OCH3 is 1. The average molecular weight is 533 g/mol. The maximum absolute atomic E-state index is 14.0. The van der Waals surface area contributed by atoms with Crippen molar-refractivity contribution < 1.29 is 19.0 Å². The van der Waals surface area contributed by atoms with E-state index in [1.165, 1.54) is 43.9 Å². The number of benzene rings is 1. The lowest BCUT2D eigenvalue weighted by Gasteiger charge is -2.27. The number of nitrogens with zero attached hydrogens (tertiary/aromatic N) is 3. The van der Waals surface area contributed by atoms with Gasteiger partial charge >= 0.3 is 5.69 Å². The number of rotatable bonds is 10. The zero-order chi connectivity index (χ0) is 27.5. The van der Waals surface area contributed by atoms with Crippen LogP contribution in [0.25, 0.3) is 10.2 Å². The summed E-state index contributed by atoms with van der Waals surface area (Å²) in [6.07, 6.45) is 0.781. The molecule has 1 unspecified atom stereocenters. The molecular formula is C24H29FN6O5S. The molecule has 0 saturated carbocycles. The lowest BCUT2D eigenvalue weighted by Crippen LogP contribution is -2.55. The molecule has 0 bridgehead atoms. The van der Waals surface area contributed by atoms with Crippen LogP contribution in [0.4, 0.5) is 9.39 Å². The molecule has 198 valence electrons. The molecule has 0 aliphatic carbocycles. The maximum atomic E-state index is 14.0. The van der Waals surface area contributed by atoms with Crippen molar-refractivity contribution in [2.75, 3.05) is 19.1 Å². The standard InChI is InChI=1S/C24H29FN6O5S/c1-6-27-22(34)24(3,4)31-20(33)18-13(2)19(29-28-10-9-26)37-21(18)30(23(31)35)12-16(32)15-11-14(25)7-8-17(15)36-5/h7-11,16,26,29,32H,6,12H2,1-5H3,(H,27,34)/b26-9?,28-10-.